The van der Waals surface area contributed by atoms with Crippen molar-refractivity contribution in [3.8, 4) is 0 Å². The molecule has 0 spiro atoms. The monoisotopic (exact) mass is 394 g/mol. The third-order valence-corrected chi connectivity index (χ3v) is 5.88. The van der Waals surface area contributed by atoms with E-state index >= 15 is 0 Å². The molecular formula is C13H19IN2O2S. The maximum Gasteiger partial charge on any atom is 0.211 e. The molecule has 0 radical (unpaired) electrons. The van der Waals surface area contributed by atoms with Gasteiger partial charge in [0, 0.05) is 35.8 Å². The zero-order valence-electron chi connectivity index (χ0n) is 11.2. The highest BCUT2D eigenvalue weighted by atomic mass is 127. The van der Waals surface area contributed by atoms with Crippen molar-refractivity contribution in [2.75, 3.05) is 25.9 Å². The summed E-state index contributed by atoms with van der Waals surface area (Å²) in [5.41, 5.74) is 1.31. The van der Waals surface area contributed by atoms with Gasteiger partial charge in [0.1, 0.15) is 0 Å². The minimum Gasteiger partial charge on any atom is -0.296 e. The maximum absolute atomic E-state index is 11.6. The van der Waals surface area contributed by atoms with Crippen LogP contribution < -0.4 is 0 Å². The third kappa shape index (κ3) is 3.90. The largest absolute Gasteiger partial charge is 0.296 e. The number of nitrogens with zero attached hydrogens (tertiary/aromatic N) is 2. The van der Waals surface area contributed by atoms with Gasteiger partial charge in [0.2, 0.25) is 10.0 Å². The lowest BCUT2D eigenvalue weighted by Gasteiger charge is -2.38. The van der Waals surface area contributed by atoms with Gasteiger partial charge in [0.05, 0.1) is 6.26 Å². The van der Waals surface area contributed by atoms with Crippen molar-refractivity contribution in [3.63, 3.8) is 0 Å². The van der Waals surface area contributed by atoms with Gasteiger partial charge in [-0.1, -0.05) is 18.2 Å². The number of piperazine rings is 1. The van der Waals surface area contributed by atoms with Crippen LogP contribution in [0.25, 0.3) is 0 Å². The molecule has 0 aliphatic carbocycles. The van der Waals surface area contributed by atoms with E-state index in [1.165, 1.54) is 15.4 Å². The van der Waals surface area contributed by atoms with E-state index in [4.69, 9.17) is 0 Å². The molecule has 0 N–H and O–H groups in total. The molecular weight excluding hydrogens is 375 g/mol. The van der Waals surface area contributed by atoms with E-state index in [-0.39, 0.29) is 6.04 Å². The highest BCUT2D eigenvalue weighted by molar-refractivity contribution is 14.1. The van der Waals surface area contributed by atoms with Crippen LogP contribution in [0, 0.1) is 3.57 Å². The quantitative estimate of drug-likeness (QED) is 0.734. The molecule has 0 amide bonds. The number of hydrogen-bond acceptors (Lipinski definition) is 3. The summed E-state index contributed by atoms with van der Waals surface area (Å²) >= 11 is 2.35. The van der Waals surface area contributed by atoms with Crippen LogP contribution in [0.5, 0.6) is 0 Å². The summed E-state index contributed by atoms with van der Waals surface area (Å²) in [4.78, 5) is 2.32. The molecule has 1 atom stereocenters. The minimum atomic E-state index is -3.07. The topological polar surface area (TPSA) is 40.6 Å². The van der Waals surface area contributed by atoms with Crippen molar-refractivity contribution in [2.24, 2.45) is 0 Å². The Morgan fingerprint density at radius 2 is 2.00 bits per heavy atom. The van der Waals surface area contributed by atoms with Gasteiger partial charge in [0.25, 0.3) is 0 Å². The summed E-state index contributed by atoms with van der Waals surface area (Å²) in [5.74, 6) is 0. The first-order valence-corrected chi connectivity index (χ1v) is 9.23. The first-order valence-electron chi connectivity index (χ1n) is 6.30. The van der Waals surface area contributed by atoms with E-state index in [0.29, 0.717) is 6.54 Å². The number of halogens is 1. The predicted molar refractivity (Wildman–Crippen MR) is 85.4 cm³/mol. The fraction of sp³-hybridized carbons (Fsp3) is 0.538. The van der Waals surface area contributed by atoms with Gasteiger partial charge in [0.15, 0.2) is 0 Å². The lowest BCUT2D eigenvalue weighted by atomic mass is 10.1. The van der Waals surface area contributed by atoms with Gasteiger partial charge in [-0.05, 0) is 41.1 Å². The van der Waals surface area contributed by atoms with Crippen molar-refractivity contribution >= 4 is 32.6 Å². The van der Waals surface area contributed by atoms with Gasteiger partial charge in [-0.25, -0.2) is 8.42 Å². The second-order valence-electron chi connectivity index (χ2n) is 5.05. The van der Waals surface area contributed by atoms with Crippen LogP contribution in [-0.4, -0.2) is 49.6 Å². The van der Waals surface area contributed by atoms with E-state index in [1.807, 2.05) is 19.1 Å². The first-order chi connectivity index (χ1) is 8.88. The molecule has 1 unspecified atom stereocenters. The summed E-state index contributed by atoms with van der Waals surface area (Å²) in [6.07, 6.45) is 1.29. The molecule has 1 heterocycles. The Balaban J connectivity index is 2.02. The Bertz CT molecular complexity index is 547. The zero-order valence-corrected chi connectivity index (χ0v) is 14.2. The Morgan fingerprint density at radius 1 is 1.32 bits per heavy atom. The van der Waals surface area contributed by atoms with Gasteiger partial charge in [-0.2, -0.15) is 4.31 Å². The molecule has 0 aromatic heterocycles. The molecule has 0 bridgehead atoms. The number of hydrogen-bond donors (Lipinski definition) is 0. The summed E-state index contributed by atoms with van der Waals surface area (Å²) in [5, 5.41) is 0. The molecule has 19 heavy (non-hydrogen) atoms. The van der Waals surface area contributed by atoms with Crippen LogP contribution in [-0.2, 0) is 16.6 Å². The zero-order chi connectivity index (χ0) is 14.0. The normalized spacial score (nSPS) is 22.6. The summed E-state index contributed by atoms with van der Waals surface area (Å²) < 4.78 is 26.1. The molecule has 0 saturated carbocycles. The molecule has 4 nitrogen and oxygen atoms in total. The standard InChI is InChI=1S/C13H19IN2O2S/c1-11-9-15(7-8-16(11)19(2,17)18)10-12-5-3-4-6-13(12)14/h3-6,11H,7-10H2,1-2H3. The van der Waals surface area contributed by atoms with Crippen molar-refractivity contribution in [1.82, 2.24) is 9.21 Å². The fourth-order valence-corrected chi connectivity index (χ4v) is 4.21. The minimum absolute atomic E-state index is 0.0464. The highest BCUT2D eigenvalue weighted by Gasteiger charge is 2.29. The lowest BCUT2D eigenvalue weighted by Crippen LogP contribution is -2.53. The molecule has 1 aliphatic heterocycles. The van der Waals surface area contributed by atoms with E-state index in [9.17, 15) is 8.42 Å². The molecule has 1 fully saturated rings. The van der Waals surface area contributed by atoms with E-state index in [2.05, 4.69) is 39.6 Å². The van der Waals surface area contributed by atoms with Crippen LogP contribution in [0.3, 0.4) is 0 Å². The summed E-state index contributed by atoms with van der Waals surface area (Å²) in [6, 6.07) is 8.37. The Kier molecular flexibility index (Phi) is 4.86. The Morgan fingerprint density at radius 3 is 2.58 bits per heavy atom. The second-order valence-corrected chi connectivity index (χ2v) is 8.15. The second kappa shape index (κ2) is 6.07. The Hall–Kier alpha value is -0.180. The van der Waals surface area contributed by atoms with E-state index < -0.39 is 10.0 Å². The van der Waals surface area contributed by atoms with Gasteiger partial charge in [-0.15, -0.1) is 0 Å². The van der Waals surface area contributed by atoms with Crippen molar-refractivity contribution in [1.29, 1.82) is 0 Å². The molecule has 6 heteroatoms. The summed E-state index contributed by atoms with van der Waals surface area (Å²) in [6.45, 7) is 5.04. The number of rotatable bonds is 3. The maximum atomic E-state index is 11.6. The summed E-state index contributed by atoms with van der Waals surface area (Å²) in [7, 11) is -3.07. The average Bonchev–Trinajstić information content (AvgIpc) is 2.30. The van der Waals surface area contributed by atoms with E-state index in [1.54, 1.807) is 4.31 Å². The SMILES string of the molecule is CC1CN(Cc2ccccc2I)CCN1S(C)(=O)=O. The smallest absolute Gasteiger partial charge is 0.211 e. The fourth-order valence-electron chi connectivity index (χ4n) is 2.52. The molecule has 2 rings (SSSR count). The van der Waals surface area contributed by atoms with Crippen molar-refractivity contribution in [3.05, 3.63) is 33.4 Å². The van der Waals surface area contributed by atoms with Crippen LogP contribution in [0.2, 0.25) is 0 Å². The molecule has 1 aromatic carbocycles. The Labute approximate surface area is 129 Å². The van der Waals surface area contributed by atoms with Crippen LogP contribution in [0.15, 0.2) is 24.3 Å². The van der Waals surface area contributed by atoms with Crippen LogP contribution >= 0.6 is 22.6 Å². The van der Waals surface area contributed by atoms with Crippen molar-refractivity contribution in [2.45, 2.75) is 19.5 Å². The van der Waals surface area contributed by atoms with Gasteiger partial charge in [-0.3, -0.25) is 4.90 Å². The van der Waals surface area contributed by atoms with Crippen molar-refractivity contribution < 1.29 is 8.42 Å². The molecule has 106 valence electrons. The predicted octanol–water partition coefficient (Wildman–Crippen LogP) is 1.76. The van der Waals surface area contributed by atoms with Crippen LogP contribution in [0.4, 0.5) is 0 Å². The van der Waals surface area contributed by atoms with Crippen LogP contribution in [0.1, 0.15) is 12.5 Å². The molecule has 1 aromatic rings. The molecule has 1 saturated heterocycles. The third-order valence-electron chi connectivity index (χ3n) is 3.43. The van der Waals surface area contributed by atoms with Gasteiger partial charge < -0.3 is 0 Å². The lowest BCUT2D eigenvalue weighted by molar-refractivity contribution is 0.138. The first kappa shape index (κ1) is 15.2. The van der Waals surface area contributed by atoms with E-state index in [0.717, 1.165) is 19.6 Å². The number of sulfonamides is 1. The number of benzene rings is 1. The average molecular weight is 394 g/mol. The van der Waals surface area contributed by atoms with Gasteiger partial charge >= 0.3 is 0 Å². The molecule has 1 aliphatic rings. The highest BCUT2D eigenvalue weighted by Crippen LogP contribution is 2.18.